The molecule has 2 heteroatoms. The molecule has 0 N–H and O–H groups in total. The third-order valence-corrected chi connectivity index (χ3v) is 2.80. The van der Waals surface area contributed by atoms with Crippen LogP contribution in [0.4, 0.5) is 0 Å². The molecule has 0 bridgehead atoms. The molecule has 0 fully saturated rings. The summed E-state index contributed by atoms with van der Waals surface area (Å²) in [7, 11) is 1.67. The second-order valence-electron chi connectivity index (χ2n) is 3.76. The van der Waals surface area contributed by atoms with E-state index >= 15 is 0 Å². The highest BCUT2D eigenvalue weighted by Crippen LogP contribution is 2.25. The quantitative estimate of drug-likeness (QED) is 0.757. The SMILES string of the molecule is CCc1cc(C(C)C(C)=O)ccc1OC. The summed E-state index contributed by atoms with van der Waals surface area (Å²) < 4.78 is 5.25. The number of carbonyl (C=O) groups is 1. The zero-order valence-electron chi connectivity index (χ0n) is 9.83. The van der Waals surface area contributed by atoms with Crippen LogP contribution in [0.1, 0.15) is 37.8 Å². The standard InChI is InChI=1S/C13H18O2/c1-5-11-8-12(9(2)10(3)14)6-7-13(11)15-4/h6-9H,5H2,1-4H3. The van der Waals surface area contributed by atoms with Gasteiger partial charge in [0.05, 0.1) is 7.11 Å². The number of hydrogen-bond donors (Lipinski definition) is 0. The maximum atomic E-state index is 11.3. The lowest BCUT2D eigenvalue weighted by atomic mass is 9.95. The van der Waals surface area contributed by atoms with Crippen LogP contribution >= 0.6 is 0 Å². The first kappa shape index (κ1) is 11.8. The van der Waals surface area contributed by atoms with E-state index in [2.05, 4.69) is 13.0 Å². The van der Waals surface area contributed by atoms with Crippen molar-refractivity contribution in [3.05, 3.63) is 29.3 Å². The van der Waals surface area contributed by atoms with Gasteiger partial charge in [-0.25, -0.2) is 0 Å². The van der Waals surface area contributed by atoms with Gasteiger partial charge in [-0.15, -0.1) is 0 Å². The highest BCUT2D eigenvalue weighted by atomic mass is 16.5. The summed E-state index contributed by atoms with van der Waals surface area (Å²) in [6.45, 7) is 5.64. The van der Waals surface area contributed by atoms with Gasteiger partial charge in [0.1, 0.15) is 11.5 Å². The summed E-state index contributed by atoms with van der Waals surface area (Å²) in [4.78, 5) is 11.3. The topological polar surface area (TPSA) is 26.3 Å². The van der Waals surface area contributed by atoms with Gasteiger partial charge in [0, 0.05) is 5.92 Å². The number of carbonyl (C=O) groups excluding carboxylic acids is 1. The van der Waals surface area contributed by atoms with Crippen LogP contribution in [-0.4, -0.2) is 12.9 Å². The van der Waals surface area contributed by atoms with Gasteiger partial charge in [0.15, 0.2) is 0 Å². The lowest BCUT2D eigenvalue weighted by Gasteiger charge is -2.12. The van der Waals surface area contributed by atoms with Crippen LogP contribution in [0.5, 0.6) is 5.75 Å². The molecule has 0 aliphatic rings. The van der Waals surface area contributed by atoms with Crippen molar-refractivity contribution >= 4 is 5.78 Å². The van der Waals surface area contributed by atoms with Gasteiger partial charge >= 0.3 is 0 Å². The number of Topliss-reactive ketones (excluding diaryl/α,β-unsaturated/α-hetero) is 1. The smallest absolute Gasteiger partial charge is 0.136 e. The molecule has 0 aliphatic carbocycles. The van der Waals surface area contributed by atoms with E-state index in [1.54, 1.807) is 14.0 Å². The number of ether oxygens (including phenoxy) is 1. The van der Waals surface area contributed by atoms with Crippen molar-refractivity contribution < 1.29 is 9.53 Å². The molecule has 0 aromatic heterocycles. The molecule has 1 rings (SSSR count). The van der Waals surface area contributed by atoms with Crippen molar-refractivity contribution in [1.82, 2.24) is 0 Å². The van der Waals surface area contributed by atoms with Gasteiger partial charge in [0.25, 0.3) is 0 Å². The highest BCUT2D eigenvalue weighted by Gasteiger charge is 2.12. The molecule has 0 amide bonds. The van der Waals surface area contributed by atoms with Crippen molar-refractivity contribution in [3.63, 3.8) is 0 Å². The predicted octanol–water partition coefficient (Wildman–Crippen LogP) is 2.95. The van der Waals surface area contributed by atoms with Gasteiger partial charge < -0.3 is 4.74 Å². The number of hydrogen-bond acceptors (Lipinski definition) is 2. The molecule has 1 aromatic carbocycles. The van der Waals surface area contributed by atoms with E-state index < -0.39 is 0 Å². The van der Waals surface area contributed by atoms with E-state index in [0.717, 1.165) is 23.3 Å². The van der Waals surface area contributed by atoms with Crippen LogP contribution in [0.3, 0.4) is 0 Å². The molecule has 0 radical (unpaired) electrons. The van der Waals surface area contributed by atoms with E-state index in [-0.39, 0.29) is 11.7 Å². The van der Waals surface area contributed by atoms with Crippen LogP contribution < -0.4 is 4.74 Å². The Labute approximate surface area is 91.3 Å². The largest absolute Gasteiger partial charge is 0.496 e. The Kier molecular flexibility index (Phi) is 3.89. The Morgan fingerprint density at radius 2 is 2.13 bits per heavy atom. The summed E-state index contributed by atoms with van der Waals surface area (Å²) in [5.74, 6) is 1.07. The average Bonchev–Trinajstić information content (AvgIpc) is 2.26. The predicted molar refractivity (Wildman–Crippen MR) is 61.5 cm³/mol. The Hall–Kier alpha value is -1.31. The van der Waals surface area contributed by atoms with Crippen molar-refractivity contribution in [2.24, 2.45) is 0 Å². The highest BCUT2D eigenvalue weighted by molar-refractivity contribution is 5.83. The first-order chi connectivity index (χ1) is 7.10. The zero-order valence-corrected chi connectivity index (χ0v) is 9.83. The fraction of sp³-hybridized carbons (Fsp3) is 0.462. The van der Waals surface area contributed by atoms with Gasteiger partial charge in [-0.2, -0.15) is 0 Å². The van der Waals surface area contributed by atoms with Crippen molar-refractivity contribution in [3.8, 4) is 5.75 Å². The minimum Gasteiger partial charge on any atom is -0.496 e. The van der Waals surface area contributed by atoms with E-state index in [0.29, 0.717) is 0 Å². The Morgan fingerprint density at radius 3 is 2.60 bits per heavy atom. The van der Waals surface area contributed by atoms with E-state index in [1.165, 1.54) is 0 Å². The van der Waals surface area contributed by atoms with E-state index in [9.17, 15) is 4.79 Å². The molecule has 1 unspecified atom stereocenters. The molecule has 2 nitrogen and oxygen atoms in total. The summed E-state index contributed by atoms with van der Waals surface area (Å²) in [6.07, 6.45) is 0.918. The summed E-state index contributed by atoms with van der Waals surface area (Å²) in [5.41, 5.74) is 2.23. The second kappa shape index (κ2) is 4.96. The lowest BCUT2D eigenvalue weighted by molar-refractivity contribution is -0.118. The average molecular weight is 206 g/mol. The van der Waals surface area contributed by atoms with E-state index in [1.807, 2.05) is 19.1 Å². The normalized spacial score (nSPS) is 12.3. The van der Waals surface area contributed by atoms with Gasteiger partial charge in [-0.05, 0) is 30.5 Å². The lowest BCUT2D eigenvalue weighted by Crippen LogP contribution is -2.05. The fourth-order valence-electron chi connectivity index (χ4n) is 1.58. The number of aryl methyl sites for hydroxylation is 1. The summed E-state index contributed by atoms with van der Waals surface area (Å²) >= 11 is 0. The Bertz CT molecular complexity index is 356. The van der Waals surface area contributed by atoms with Crippen molar-refractivity contribution in [2.75, 3.05) is 7.11 Å². The zero-order chi connectivity index (χ0) is 11.4. The maximum Gasteiger partial charge on any atom is 0.136 e. The number of methoxy groups -OCH3 is 1. The van der Waals surface area contributed by atoms with Crippen LogP contribution in [-0.2, 0) is 11.2 Å². The third-order valence-electron chi connectivity index (χ3n) is 2.80. The first-order valence-electron chi connectivity index (χ1n) is 5.27. The molecule has 0 aliphatic heterocycles. The molecule has 0 saturated heterocycles. The molecule has 15 heavy (non-hydrogen) atoms. The van der Waals surface area contributed by atoms with Gasteiger partial charge in [-0.1, -0.05) is 26.0 Å². The third kappa shape index (κ3) is 2.58. The van der Waals surface area contributed by atoms with Crippen molar-refractivity contribution in [1.29, 1.82) is 0 Å². The van der Waals surface area contributed by atoms with Crippen LogP contribution in [0.15, 0.2) is 18.2 Å². The maximum absolute atomic E-state index is 11.3. The Morgan fingerprint density at radius 1 is 1.47 bits per heavy atom. The van der Waals surface area contributed by atoms with Gasteiger partial charge in [0.2, 0.25) is 0 Å². The summed E-state index contributed by atoms with van der Waals surface area (Å²) in [5, 5.41) is 0. The molecule has 1 aromatic rings. The molecular weight excluding hydrogens is 188 g/mol. The fourth-order valence-corrected chi connectivity index (χ4v) is 1.58. The van der Waals surface area contributed by atoms with Crippen LogP contribution in [0, 0.1) is 0 Å². The molecule has 1 atom stereocenters. The number of rotatable bonds is 4. The first-order valence-corrected chi connectivity index (χ1v) is 5.27. The van der Waals surface area contributed by atoms with Crippen molar-refractivity contribution in [2.45, 2.75) is 33.1 Å². The monoisotopic (exact) mass is 206 g/mol. The molecule has 0 heterocycles. The number of ketones is 1. The molecular formula is C13H18O2. The summed E-state index contributed by atoms with van der Waals surface area (Å²) in [6, 6.07) is 5.96. The minimum absolute atomic E-state index is 0.0267. The van der Waals surface area contributed by atoms with Crippen LogP contribution in [0.2, 0.25) is 0 Å². The second-order valence-corrected chi connectivity index (χ2v) is 3.76. The van der Waals surface area contributed by atoms with Crippen LogP contribution in [0.25, 0.3) is 0 Å². The molecule has 0 saturated carbocycles. The minimum atomic E-state index is -0.0267. The van der Waals surface area contributed by atoms with Gasteiger partial charge in [-0.3, -0.25) is 4.79 Å². The molecule has 82 valence electrons. The molecule has 0 spiro atoms. The number of benzene rings is 1. The van der Waals surface area contributed by atoms with E-state index in [4.69, 9.17) is 4.74 Å². The Balaban J connectivity index is 3.07.